The number of esters is 1. The summed E-state index contributed by atoms with van der Waals surface area (Å²) < 4.78 is 27.9. The van der Waals surface area contributed by atoms with Gasteiger partial charge in [0.25, 0.3) is 0 Å². The third-order valence-corrected chi connectivity index (χ3v) is 6.01. The summed E-state index contributed by atoms with van der Waals surface area (Å²) in [6.45, 7) is 6.28. The van der Waals surface area contributed by atoms with Crippen LogP contribution in [0.1, 0.15) is 53.4 Å². The third-order valence-electron chi connectivity index (χ3n) is 6.01. The minimum atomic E-state index is -1.66. The molecule has 2 rings (SSSR count). The van der Waals surface area contributed by atoms with E-state index in [1.807, 2.05) is 6.92 Å². The fourth-order valence-corrected chi connectivity index (χ4v) is 4.01. The van der Waals surface area contributed by atoms with Gasteiger partial charge in [0.05, 0.1) is 31.2 Å². The molecule has 0 radical (unpaired) electrons. The number of rotatable bonds is 11. The lowest BCUT2D eigenvalue weighted by Crippen LogP contribution is -2.63. The maximum absolute atomic E-state index is 12.3. The van der Waals surface area contributed by atoms with Crippen LogP contribution >= 0.6 is 0 Å². The Morgan fingerprint density at radius 2 is 1.43 bits per heavy atom. The van der Waals surface area contributed by atoms with E-state index in [4.69, 9.17) is 28.8 Å². The van der Waals surface area contributed by atoms with E-state index in [0.717, 1.165) is 0 Å². The van der Waals surface area contributed by atoms with Gasteiger partial charge in [-0.05, 0) is 27.2 Å². The van der Waals surface area contributed by atoms with E-state index < -0.39 is 85.6 Å². The molecule has 12 atom stereocenters. The van der Waals surface area contributed by atoms with E-state index in [-0.39, 0.29) is 12.8 Å². The number of hydrogen-bond acceptors (Lipinski definition) is 12. The Bertz CT molecular complexity index is 690. The number of carboxylic acids is 1. The molecule has 13 heteroatoms. The van der Waals surface area contributed by atoms with Crippen LogP contribution in [0.3, 0.4) is 0 Å². The summed E-state index contributed by atoms with van der Waals surface area (Å²) in [5.41, 5.74) is 0. The van der Waals surface area contributed by atoms with Crippen molar-refractivity contribution >= 4 is 11.9 Å². The highest BCUT2D eigenvalue weighted by molar-refractivity contribution is 5.71. The molecule has 13 nitrogen and oxygen atoms in total. The molecule has 35 heavy (non-hydrogen) atoms. The van der Waals surface area contributed by atoms with Gasteiger partial charge >= 0.3 is 11.9 Å². The Balaban J connectivity index is 2.13. The monoisotopic (exact) mass is 510 g/mol. The molecule has 0 bridgehead atoms. The van der Waals surface area contributed by atoms with Crippen LogP contribution in [0.2, 0.25) is 0 Å². The van der Waals surface area contributed by atoms with E-state index in [0.29, 0.717) is 12.8 Å². The first-order valence-electron chi connectivity index (χ1n) is 11.8. The molecule has 0 aromatic carbocycles. The van der Waals surface area contributed by atoms with E-state index in [2.05, 4.69) is 0 Å². The smallest absolute Gasteiger partial charge is 0.308 e. The lowest BCUT2D eigenvalue weighted by molar-refractivity contribution is -0.366. The molecule has 204 valence electrons. The molecule has 2 fully saturated rings. The van der Waals surface area contributed by atoms with Crippen molar-refractivity contribution in [2.45, 2.75) is 127 Å². The molecule has 2 heterocycles. The molecule has 2 aliphatic heterocycles. The standard InChI is InChI=1S/C22H38O13/c1-5-6-12(8-14(25)31-9(2)7-13(23)24)34-22-20(18(29)16(27)11(4)33-22)35-21-19(30)17(28)15(26)10(3)32-21/h9-12,15-22,26-30H,5-8H2,1-4H3,(H,23,24)/t9?,10?,11?,12?,15-,16-,17-,18-,19?,20?,21-,22-/m0/s1. The second kappa shape index (κ2) is 13.2. The lowest BCUT2D eigenvalue weighted by Gasteiger charge is -2.46. The SMILES string of the molecule is CCCC(CC(=O)OC(C)CC(=O)O)O[C@@H]1OC(C)[C@H](O)[C@H](O)C1O[C@@H]1OC(C)[C@H](O)[C@H](O)C1O. The number of carbonyl (C=O) groups excluding carboxylic acids is 1. The zero-order valence-corrected chi connectivity index (χ0v) is 20.3. The van der Waals surface area contributed by atoms with Gasteiger partial charge in [0.2, 0.25) is 0 Å². The average molecular weight is 511 g/mol. The molecule has 6 unspecified atom stereocenters. The van der Waals surface area contributed by atoms with Crippen molar-refractivity contribution < 1.29 is 63.9 Å². The highest BCUT2D eigenvalue weighted by Gasteiger charge is 2.50. The number of aliphatic hydroxyl groups is 5. The fraction of sp³-hybridized carbons (Fsp3) is 0.909. The summed E-state index contributed by atoms with van der Waals surface area (Å²) in [6.07, 6.45) is -14.7. The number of carbonyl (C=O) groups is 2. The van der Waals surface area contributed by atoms with E-state index in [1.54, 1.807) is 0 Å². The van der Waals surface area contributed by atoms with Crippen molar-refractivity contribution in [1.82, 2.24) is 0 Å². The molecule has 0 saturated carbocycles. The normalized spacial score (nSPS) is 39.6. The molecular weight excluding hydrogens is 472 g/mol. The third kappa shape index (κ3) is 8.03. The molecule has 2 saturated heterocycles. The van der Waals surface area contributed by atoms with Crippen LogP contribution < -0.4 is 0 Å². The Labute approximate surface area is 203 Å². The minimum Gasteiger partial charge on any atom is -0.481 e. The first-order valence-corrected chi connectivity index (χ1v) is 11.8. The number of hydrogen-bond donors (Lipinski definition) is 6. The molecule has 2 aliphatic rings. The fourth-order valence-electron chi connectivity index (χ4n) is 4.01. The zero-order chi connectivity index (χ0) is 26.4. The van der Waals surface area contributed by atoms with Crippen LogP contribution in [0, 0.1) is 0 Å². The number of ether oxygens (including phenoxy) is 5. The highest BCUT2D eigenvalue weighted by atomic mass is 16.8. The summed E-state index contributed by atoms with van der Waals surface area (Å²) in [5.74, 6) is -1.79. The number of aliphatic carboxylic acids is 1. The van der Waals surface area contributed by atoms with Crippen molar-refractivity contribution in [2.75, 3.05) is 0 Å². The van der Waals surface area contributed by atoms with Crippen LogP contribution in [0.25, 0.3) is 0 Å². The summed E-state index contributed by atoms with van der Waals surface area (Å²) in [5, 5.41) is 60.0. The average Bonchev–Trinajstić information content (AvgIpc) is 2.76. The predicted octanol–water partition coefficient (Wildman–Crippen LogP) is -1.35. The minimum absolute atomic E-state index is 0.234. The maximum Gasteiger partial charge on any atom is 0.308 e. The van der Waals surface area contributed by atoms with Crippen LogP contribution in [0.5, 0.6) is 0 Å². The van der Waals surface area contributed by atoms with Crippen molar-refractivity contribution in [2.24, 2.45) is 0 Å². The van der Waals surface area contributed by atoms with Crippen LogP contribution in [-0.4, -0.2) is 116 Å². The van der Waals surface area contributed by atoms with Crippen molar-refractivity contribution in [3.05, 3.63) is 0 Å². The molecule has 0 aromatic rings. The van der Waals surface area contributed by atoms with Crippen LogP contribution in [0.15, 0.2) is 0 Å². The van der Waals surface area contributed by atoms with Gasteiger partial charge in [0.1, 0.15) is 42.7 Å². The first kappa shape index (κ1) is 29.8. The second-order valence-corrected chi connectivity index (χ2v) is 9.12. The zero-order valence-electron chi connectivity index (χ0n) is 20.3. The Morgan fingerprint density at radius 1 is 0.857 bits per heavy atom. The van der Waals surface area contributed by atoms with Gasteiger partial charge in [-0.1, -0.05) is 13.3 Å². The van der Waals surface area contributed by atoms with Crippen molar-refractivity contribution in [3.63, 3.8) is 0 Å². The van der Waals surface area contributed by atoms with Gasteiger partial charge in [-0.2, -0.15) is 0 Å². The first-order chi connectivity index (χ1) is 16.3. The summed E-state index contributed by atoms with van der Waals surface area (Å²) in [6, 6.07) is 0. The van der Waals surface area contributed by atoms with Crippen LogP contribution in [-0.2, 0) is 33.3 Å². The largest absolute Gasteiger partial charge is 0.481 e. The van der Waals surface area contributed by atoms with Gasteiger partial charge in [0, 0.05) is 0 Å². The Kier molecular flexibility index (Phi) is 11.3. The summed E-state index contributed by atoms with van der Waals surface area (Å²) in [4.78, 5) is 23.1. The second-order valence-electron chi connectivity index (χ2n) is 9.12. The molecule has 0 aliphatic carbocycles. The molecule has 0 amide bonds. The topological polar surface area (TPSA) is 202 Å². The van der Waals surface area contributed by atoms with Gasteiger partial charge in [-0.15, -0.1) is 0 Å². The number of aliphatic hydroxyl groups excluding tert-OH is 5. The van der Waals surface area contributed by atoms with Crippen molar-refractivity contribution in [3.8, 4) is 0 Å². The summed E-state index contributed by atoms with van der Waals surface area (Å²) in [7, 11) is 0. The number of carboxylic acid groups (broad SMARTS) is 1. The summed E-state index contributed by atoms with van der Waals surface area (Å²) >= 11 is 0. The molecular formula is C22H38O13. The van der Waals surface area contributed by atoms with Crippen molar-refractivity contribution in [1.29, 1.82) is 0 Å². The Hall–Kier alpha value is -1.42. The van der Waals surface area contributed by atoms with E-state index in [9.17, 15) is 35.1 Å². The Morgan fingerprint density at radius 3 is 2.00 bits per heavy atom. The molecule has 6 N–H and O–H groups in total. The lowest BCUT2D eigenvalue weighted by atomic mass is 9.98. The molecule has 0 aromatic heterocycles. The van der Waals surface area contributed by atoms with Gasteiger partial charge < -0.3 is 54.3 Å². The van der Waals surface area contributed by atoms with Gasteiger partial charge in [-0.25, -0.2) is 0 Å². The maximum atomic E-state index is 12.3. The van der Waals surface area contributed by atoms with E-state index >= 15 is 0 Å². The quantitative estimate of drug-likeness (QED) is 0.178. The predicted molar refractivity (Wildman–Crippen MR) is 116 cm³/mol. The van der Waals surface area contributed by atoms with E-state index in [1.165, 1.54) is 20.8 Å². The molecule has 0 spiro atoms. The highest BCUT2D eigenvalue weighted by Crippen LogP contribution is 2.30. The van der Waals surface area contributed by atoms with Gasteiger partial charge in [0.15, 0.2) is 12.6 Å². The van der Waals surface area contributed by atoms with Gasteiger partial charge in [-0.3, -0.25) is 9.59 Å². The van der Waals surface area contributed by atoms with Crippen LogP contribution in [0.4, 0.5) is 0 Å².